The lowest BCUT2D eigenvalue weighted by molar-refractivity contribution is -0.137. The number of nitrogens with zero attached hydrogens (tertiary/aromatic N) is 3. The van der Waals surface area contributed by atoms with Crippen LogP contribution in [0, 0.1) is 0 Å². The molecule has 12 heteroatoms. The molecule has 1 aromatic heterocycles. The van der Waals surface area contributed by atoms with Crippen molar-refractivity contribution in [1.29, 1.82) is 0 Å². The van der Waals surface area contributed by atoms with Gasteiger partial charge in [-0.25, -0.2) is 9.37 Å². The minimum absolute atomic E-state index is 0.0342. The molecule has 3 N–H and O–H groups in total. The first-order chi connectivity index (χ1) is 15.5. The van der Waals surface area contributed by atoms with Crippen molar-refractivity contribution in [3.05, 3.63) is 48.4 Å². The summed E-state index contributed by atoms with van der Waals surface area (Å²) < 4.78 is 53.8. The number of piperidine rings is 1. The molecule has 1 fully saturated rings. The average Bonchev–Trinajstić information content (AvgIpc) is 2.74. The van der Waals surface area contributed by atoms with Gasteiger partial charge < -0.3 is 20.9 Å². The number of rotatable bonds is 6. The third-order valence-corrected chi connectivity index (χ3v) is 4.97. The molecule has 1 aliphatic rings. The molecule has 176 valence electrons. The van der Waals surface area contributed by atoms with Gasteiger partial charge in [-0.05, 0) is 25.0 Å². The Morgan fingerprint density at radius 2 is 1.91 bits per heavy atom. The first-order valence-electron chi connectivity index (χ1n) is 10.0. The van der Waals surface area contributed by atoms with Crippen molar-refractivity contribution in [2.75, 3.05) is 29.0 Å². The van der Waals surface area contributed by atoms with E-state index in [1.54, 1.807) is 4.90 Å². The highest BCUT2D eigenvalue weighted by atomic mass is 19.4. The van der Waals surface area contributed by atoms with E-state index >= 15 is 0 Å². The second-order valence-corrected chi connectivity index (χ2v) is 7.43. The second-order valence-electron chi connectivity index (χ2n) is 7.43. The Morgan fingerprint density at radius 1 is 1.21 bits per heavy atom. The SMILES string of the molecule is C=C(F)C(=O)Nc1ccccc1Nc1nc(NC2CCCN(C(C)=O)C2)ncc1C(F)(F)F. The fourth-order valence-corrected chi connectivity index (χ4v) is 3.34. The van der Waals surface area contributed by atoms with Gasteiger partial charge in [-0.1, -0.05) is 18.7 Å². The lowest BCUT2D eigenvalue weighted by Crippen LogP contribution is -2.44. The van der Waals surface area contributed by atoms with E-state index in [0.29, 0.717) is 25.7 Å². The molecule has 1 aromatic carbocycles. The molecule has 2 heterocycles. The molecule has 3 rings (SSSR count). The Bertz CT molecular complexity index is 1060. The molecular formula is C21H22F4N6O2. The predicted octanol–water partition coefficient (Wildman–Crippen LogP) is 4.08. The summed E-state index contributed by atoms with van der Waals surface area (Å²) in [4.78, 5) is 32.7. The summed E-state index contributed by atoms with van der Waals surface area (Å²) in [6.45, 7) is 5.34. The largest absolute Gasteiger partial charge is 0.421 e. The number of carbonyl (C=O) groups excluding carboxylic acids is 2. The predicted molar refractivity (Wildman–Crippen MR) is 115 cm³/mol. The molecule has 2 amide bonds. The van der Waals surface area contributed by atoms with Crippen molar-refractivity contribution >= 4 is 35.0 Å². The van der Waals surface area contributed by atoms with Gasteiger partial charge in [-0.15, -0.1) is 0 Å². The highest BCUT2D eigenvalue weighted by molar-refractivity contribution is 6.03. The molecule has 1 atom stereocenters. The minimum atomic E-state index is -4.76. The van der Waals surface area contributed by atoms with Crippen LogP contribution in [0.3, 0.4) is 0 Å². The van der Waals surface area contributed by atoms with Crippen LogP contribution in [-0.2, 0) is 15.8 Å². The average molecular weight is 466 g/mol. The number of carbonyl (C=O) groups is 2. The number of hydrogen-bond acceptors (Lipinski definition) is 6. The van der Waals surface area contributed by atoms with Gasteiger partial charge in [-0.3, -0.25) is 9.59 Å². The van der Waals surface area contributed by atoms with E-state index in [-0.39, 0.29) is 29.3 Å². The van der Waals surface area contributed by atoms with Crippen LogP contribution >= 0.6 is 0 Å². The third kappa shape index (κ3) is 6.18. The Kier molecular flexibility index (Phi) is 7.14. The quantitative estimate of drug-likeness (QED) is 0.438. The van der Waals surface area contributed by atoms with Gasteiger partial charge >= 0.3 is 6.18 Å². The smallest absolute Gasteiger partial charge is 0.350 e. The van der Waals surface area contributed by atoms with Gasteiger partial charge in [0.05, 0.1) is 11.4 Å². The Labute approximate surface area is 187 Å². The molecule has 2 aromatic rings. The number of benzene rings is 1. The van der Waals surface area contributed by atoms with Crippen LogP contribution in [-0.4, -0.2) is 45.8 Å². The van der Waals surface area contributed by atoms with E-state index in [1.807, 2.05) is 0 Å². The van der Waals surface area contributed by atoms with E-state index in [0.717, 1.165) is 6.42 Å². The summed E-state index contributed by atoms with van der Waals surface area (Å²) >= 11 is 0. The van der Waals surface area contributed by atoms with E-state index in [1.165, 1.54) is 31.2 Å². The normalized spacial score (nSPS) is 16.2. The molecule has 33 heavy (non-hydrogen) atoms. The number of anilines is 4. The number of hydrogen-bond donors (Lipinski definition) is 3. The van der Waals surface area contributed by atoms with E-state index in [9.17, 15) is 27.2 Å². The zero-order valence-electron chi connectivity index (χ0n) is 17.7. The maximum atomic E-state index is 13.6. The maximum Gasteiger partial charge on any atom is 0.421 e. The van der Waals surface area contributed by atoms with E-state index in [2.05, 4.69) is 32.5 Å². The molecule has 0 aliphatic carbocycles. The van der Waals surface area contributed by atoms with Crippen LogP contribution in [0.2, 0.25) is 0 Å². The fourth-order valence-electron chi connectivity index (χ4n) is 3.34. The summed E-state index contributed by atoms with van der Waals surface area (Å²) in [5.41, 5.74) is -1.03. The van der Waals surface area contributed by atoms with E-state index in [4.69, 9.17) is 0 Å². The minimum Gasteiger partial charge on any atom is -0.350 e. The standard InChI is InChI=1S/C21H22F4N6O2/c1-12(22)19(33)29-17-8-4-3-7-16(17)28-18-15(21(23,24)25)10-26-20(30-18)27-14-6-5-9-31(11-14)13(2)32/h3-4,7-8,10,14H,1,5-6,9,11H2,2H3,(H,29,33)(H2,26,27,28,30). The lowest BCUT2D eigenvalue weighted by Gasteiger charge is -2.32. The molecule has 0 bridgehead atoms. The number of alkyl halides is 3. The fraction of sp³-hybridized carbons (Fsp3) is 0.333. The van der Waals surface area contributed by atoms with Crippen LogP contribution in [0.5, 0.6) is 0 Å². The van der Waals surface area contributed by atoms with Gasteiger partial charge in [0.15, 0.2) is 5.83 Å². The zero-order chi connectivity index (χ0) is 24.2. The monoisotopic (exact) mass is 466 g/mol. The molecule has 1 unspecified atom stereocenters. The van der Waals surface area contributed by atoms with Crippen molar-refractivity contribution in [2.24, 2.45) is 0 Å². The number of aromatic nitrogens is 2. The van der Waals surface area contributed by atoms with Crippen LogP contribution in [0.15, 0.2) is 42.9 Å². The van der Waals surface area contributed by atoms with Crippen LogP contribution in [0.4, 0.5) is 40.7 Å². The van der Waals surface area contributed by atoms with Crippen LogP contribution in [0.1, 0.15) is 25.3 Å². The van der Waals surface area contributed by atoms with Gasteiger partial charge in [0.1, 0.15) is 11.4 Å². The number of nitrogens with one attached hydrogen (secondary N) is 3. The molecule has 0 spiro atoms. The van der Waals surface area contributed by atoms with Gasteiger partial charge in [0.2, 0.25) is 11.9 Å². The number of amides is 2. The first kappa shape index (κ1) is 24.0. The summed E-state index contributed by atoms with van der Waals surface area (Å²) in [7, 11) is 0. The molecule has 0 saturated carbocycles. The van der Waals surface area contributed by atoms with Gasteiger partial charge in [0, 0.05) is 32.3 Å². The third-order valence-electron chi connectivity index (χ3n) is 4.97. The number of para-hydroxylation sites is 2. The topological polar surface area (TPSA) is 99.2 Å². The van der Waals surface area contributed by atoms with Crippen molar-refractivity contribution in [3.63, 3.8) is 0 Å². The summed E-state index contributed by atoms with van der Waals surface area (Å²) in [6, 6.07) is 5.60. The Balaban J connectivity index is 1.89. The second kappa shape index (κ2) is 9.84. The van der Waals surface area contributed by atoms with Crippen LogP contribution < -0.4 is 16.0 Å². The Hall–Kier alpha value is -3.70. The molecule has 8 nitrogen and oxygen atoms in total. The van der Waals surface area contributed by atoms with Crippen molar-refractivity contribution in [2.45, 2.75) is 32.0 Å². The Morgan fingerprint density at radius 3 is 2.55 bits per heavy atom. The van der Waals surface area contributed by atoms with Crippen LogP contribution in [0.25, 0.3) is 0 Å². The van der Waals surface area contributed by atoms with Crippen molar-refractivity contribution < 1.29 is 27.2 Å². The van der Waals surface area contributed by atoms with Gasteiger partial charge in [0.25, 0.3) is 5.91 Å². The first-order valence-corrected chi connectivity index (χ1v) is 10.0. The maximum absolute atomic E-state index is 13.6. The molecule has 0 radical (unpaired) electrons. The molecule has 1 saturated heterocycles. The zero-order valence-corrected chi connectivity index (χ0v) is 17.7. The highest BCUT2D eigenvalue weighted by Crippen LogP contribution is 2.36. The van der Waals surface area contributed by atoms with E-state index < -0.39 is 29.3 Å². The number of likely N-dealkylation sites (tertiary alicyclic amines) is 1. The molecule has 1 aliphatic heterocycles. The van der Waals surface area contributed by atoms with Crippen molar-refractivity contribution in [3.8, 4) is 0 Å². The summed E-state index contributed by atoms with van der Waals surface area (Å²) in [6.07, 6.45) is -2.69. The molecular weight excluding hydrogens is 444 g/mol. The van der Waals surface area contributed by atoms with Crippen molar-refractivity contribution in [1.82, 2.24) is 14.9 Å². The highest BCUT2D eigenvalue weighted by Gasteiger charge is 2.36. The summed E-state index contributed by atoms with van der Waals surface area (Å²) in [5, 5.41) is 7.76. The summed E-state index contributed by atoms with van der Waals surface area (Å²) in [5.74, 6) is -3.08. The number of halogens is 4. The van der Waals surface area contributed by atoms with Gasteiger partial charge in [-0.2, -0.15) is 18.2 Å². The lowest BCUT2D eigenvalue weighted by atomic mass is 10.1.